The molecule has 1 rings (SSSR count). The van der Waals surface area contributed by atoms with Crippen molar-refractivity contribution < 1.29 is 14.3 Å². The first-order valence-corrected chi connectivity index (χ1v) is 7.22. The minimum Gasteiger partial charge on any atom is -0.493 e. The standard InChI is InChI=1S/C16H25NO3/c1-5-19-15-10-13(12(3)18)11-16(20-6-2)14(15)8-7-9-17-4/h10-11,17H,5-9H2,1-4H3. The molecule has 0 saturated carbocycles. The van der Waals surface area contributed by atoms with E-state index in [4.69, 9.17) is 9.47 Å². The van der Waals surface area contributed by atoms with E-state index in [2.05, 4.69) is 5.32 Å². The van der Waals surface area contributed by atoms with Crippen molar-refractivity contribution in [1.29, 1.82) is 0 Å². The molecule has 0 aliphatic rings. The van der Waals surface area contributed by atoms with Gasteiger partial charge in [0.15, 0.2) is 5.78 Å². The molecule has 4 nitrogen and oxygen atoms in total. The van der Waals surface area contributed by atoms with Crippen LogP contribution in [0.3, 0.4) is 0 Å². The van der Waals surface area contributed by atoms with Crippen LogP contribution < -0.4 is 14.8 Å². The summed E-state index contributed by atoms with van der Waals surface area (Å²) in [6.07, 6.45) is 1.86. The summed E-state index contributed by atoms with van der Waals surface area (Å²) >= 11 is 0. The van der Waals surface area contributed by atoms with Crippen molar-refractivity contribution in [1.82, 2.24) is 5.32 Å². The van der Waals surface area contributed by atoms with Crippen LogP contribution in [0.1, 0.15) is 43.1 Å². The number of ether oxygens (including phenoxy) is 2. The van der Waals surface area contributed by atoms with Gasteiger partial charge in [-0.25, -0.2) is 0 Å². The van der Waals surface area contributed by atoms with E-state index in [9.17, 15) is 4.79 Å². The first-order valence-electron chi connectivity index (χ1n) is 7.22. The summed E-state index contributed by atoms with van der Waals surface area (Å²) in [6.45, 7) is 7.53. The van der Waals surface area contributed by atoms with Gasteiger partial charge in [0.1, 0.15) is 11.5 Å². The maximum absolute atomic E-state index is 11.6. The van der Waals surface area contributed by atoms with Crippen molar-refractivity contribution in [3.8, 4) is 11.5 Å². The summed E-state index contributed by atoms with van der Waals surface area (Å²) in [4.78, 5) is 11.6. The molecule has 0 saturated heterocycles. The van der Waals surface area contributed by atoms with Crippen molar-refractivity contribution in [2.45, 2.75) is 33.6 Å². The van der Waals surface area contributed by atoms with Crippen LogP contribution in [-0.4, -0.2) is 32.6 Å². The predicted molar refractivity (Wildman–Crippen MR) is 81.0 cm³/mol. The molecule has 0 aliphatic heterocycles. The molecule has 0 aliphatic carbocycles. The molecule has 0 unspecified atom stereocenters. The monoisotopic (exact) mass is 279 g/mol. The molecule has 0 radical (unpaired) electrons. The first-order chi connectivity index (χ1) is 9.63. The lowest BCUT2D eigenvalue weighted by molar-refractivity contribution is 0.101. The van der Waals surface area contributed by atoms with E-state index >= 15 is 0 Å². The van der Waals surface area contributed by atoms with Crippen LogP contribution in [0.25, 0.3) is 0 Å². The molecule has 0 spiro atoms. The summed E-state index contributed by atoms with van der Waals surface area (Å²) in [5, 5.41) is 3.13. The van der Waals surface area contributed by atoms with Crippen LogP contribution in [0.4, 0.5) is 0 Å². The van der Waals surface area contributed by atoms with E-state index in [-0.39, 0.29) is 5.78 Å². The lowest BCUT2D eigenvalue weighted by atomic mass is 10.0. The second-order valence-electron chi connectivity index (χ2n) is 4.58. The number of nitrogens with one attached hydrogen (secondary N) is 1. The summed E-state index contributed by atoms with van der Waals surface area (Å²) in [6, 6.07) is 3.64. The van der Waals surface area contributed by atoms with Crippen molar-refractivity contribution in [3.05, 3.63) is 23.3 Å². The third-order valence-corrected chi connectivity index (χ3v) is 3.03. The van der Waals surface area contributed by atoms with Gasteiger partial charge in [-0.3, -0.25) is 4.79 Å². The lowest BCUT2D eigenvalue weighted by Gasteiger charge is -2.16. The molecule has 1 aromatic rings. The maximum Gasteiger partial charge on any atom is 0.160 e. The van der Waals surface area contributed by atoms with Gasteiger partial charge in [-0.1, -0.05) is 0 Å². The minimum absolute atomic E-state index is 0.0219. The SMILES string of the molecule is CCOc1cc(C(C)=O)cc(OCC)c1CCCNC. The topological polar surface area (TPSA) is 47.6 Å². The number of hydrogen-bond donors (Lipinski definition) is 1. The van der Waals surface area contributed by atoms with Gasteiger partial charge in [0.05, 0.1) is 13.2 Å². The number of Topliss-reactive ketones (excluding diaryl/α,β-unsaturated/α-hetero) is 1. The van der Waals surface area contributed by atoms with Crippen molar-refractivity contribution in [3.63, 3.8) is 0 Å². The number of carbonyl (C=O) groups is 1. The Kier molecular flexibility index (Phi) is 7.09. The molecule has 0 bridgehead atoms. The highest BCUT2D eigenvalue weighted by atomic mass is 16.5. The van der Waals surface area contributed by atoms with Crippen LogP contribution >= 0.6 is 0 Å². The fourth-order valence-electron chi connectivity index (χ4n) is 2.08. The smallest absolute Gasteiger partial charge is 0.160 e. The Labute approximate surface area is 121 Å². The molecular weight excluding hydrogens is 254 g/mol. The molecule has 0 atom stereocenters. The number of carbonyl (C=O) groups excluding carboxylic acids is 1. The Bertz CT molecular complexity index is 416. The maximum atomic E-state index is 11.6. The quantitative estimate of drug-likeness (QED) is 0.558. The third kappa shape index (κ3) is 4.53. The summed E-state index contributed by atoms with van der Waals surface area (Å²) in [5.41, 5.74) is 1.68. The van der Waals surface area contributed by atoms with Crippen LogP contribution in [0.2, 0.25) is 0 Å². The predicted octanol–water partition coefficient (Wildman–Crippen LogP) is 2.84. The Balaban J connectivity index is 3.15. The fraction of sp³-hybridized carbons (Fsp3) is 0.562. The minimum atomic E-state index is 0.0219. The largest absolute Gasteiger partial charge is 0.493 e. The van der Waals surface area contributed by atoms with Crippen LogP contribution in [0.15, 0.2) is 12.1 Å². The first kappa shape index (κ1) is 16.5. The zero-order valence-electron chi connectivity index (χ0n) is 12.9. The Morgan fingerprint density at radius 3 is 2.10 bits per heavy atom. The fourth-order valence-corrected chi connectivity index (χ4v) is 2.08. The summed E-state index contributed by atoms with van der Waals surface area (Å²) in [5.74, 6) is 1.55. The van der Waals surface area contributed by atoms with Gasteiger partial charge in [-0.05, 0) is 59.3 Å². The van der Waals surface area contributed by atoms with Crippen LogP contribution in [-0.2, 0) is 6.42 Å². The number of ketones is 1. The highest BCUT2D eigenvalue weighted by molar-refractivity contribution is 5.95. The Morgan fingerprint density at radius 2 is 1.70 bits per heavy atom. The van der Waals surface area contributed by atoms with Gasteiger partial charge >= 0.3 is 0 Å². The van der Waals surface area contributed by atoms with E-state index in [0.29, 0.717) is 18.8 Å². The third-order valence-electron chi connectivity index (χ3n) is 3.03. The van der Waals surface area contributed by atoms with Crippen molar-refractivity contribution in [2.75, 3.05) is 26.8 Å². The second-order valence-corrected chi connectivity index (χ2v) is 4.58. The number of benzene rings is 1. The Morgan fingerprint density at radius 1 is 1.15 bits per heavy atom. The molecule has 0 amide bonds. The normalized spacial score (nSPS) is 10.4. The molecule has 0 heterocycles. The van der Waals surface area contributed by atoms with E-state index in [1.54, 1.807) is 6.92 Å². The number of rotatable bonds is 9. The average Bonchev–Trinajstić information content (AvgIpc) is 2.41. The zero-order chi connectivity index (χ0) is 15.0. The molecule has 1 aromatic carbocycles. The highest BCUT2D eigenvalue weighted by Crippen LogP contribution is 2.32. The lowest BCUT2D eigenvalue weighted by Crippen LogP contribution is -2.10. The molecule has 4 heteroatoms. The highest BCUT2D eigenvalue weighted by Gasteiger charge is 2.15. The molecule has 20 heavy (non-hydrogen) atoms. The van der Waals surface area contributed by atoms with Gasteiger partial charge in [0.25, 0.3) is 0 Å². The second kappa shape index (κ2) is 8.59. The van der Waals surface area contributed by atoms with Crippen molar-refractivity contribution in [2.24, 2.45) is 0 Å². The number of hydrogen-bond acceptors (Lipinski definition) is 4. The molecular formula is C16H25NO3. The summed E-state index contributed by atoms with van der Waals surface area (Å²) < 4.78 is 11.4. The zero-order valence-corrected chi connectivity index (χ0v) is 12.9. The Hall–Kier alpha value is -1.55. The van der Waals surface area contributed by atoms with E-state index < -0.39 is 0 Å². The van der Waals surface area contributed by atoms with Crippen molar-refractivity contribution >= 4 is 5.78 Å². The molecule has 0 aromatic heterocycles. The van der Waals surface area contributed by atoms with Gasteiger partial charge in [0.2, 0.25) is 0 Å². The van der Waals surface area contributed by atoms with Crippen LogP contribution in [0.5, 0.6) is 11.5 Å². The summed E-state index contributed by atoms with van der Waals surface area (Å²) in [7, 11) is 1.94. The molecule has 1 N–H and O–H groups in total. The van der Waals surface area contributed by atoms with Gasteiger partial charge in [-0.15, -0.1) is 0 Å². The van der Waals surface area contributed by atoms with E-state index in [1.165, 1.54) is 0 Å². The molecule has 112 valence electrons. The van der Waals surface area contributed by atoms with Gasteiger partial charge in [-0.2, -0.15) is 0 Å². The van der Waals surface area contributed by atoms with Gasteiger partial charge < -0.3 is 14.8 Å². The average molecular weight is 279 g/mol. The van der Waals surface area contributed by atoms with E-state index in [1.807, 2.05) is 33.0 Å². The van der Waals surface area contributed by atoms with Gasteiger partial charge in [0, 0.05) is 11.1 Å². The molecule has 0 fully saturated rings. The van der Waals surface area contributed by atoms with E-state index in [0.717, 1.165) is 36.4 Å². The van der Waals surface area contributed by atoms with Crippen LogP contribution in [0, 0.1) is 0 Å².